The van der Waals surface area contributed by atoms with Crippen LogP contribution in [0.25, 0.3) is 0 Å². The largest absolute Gasteiger partial charge is 0.465 e. The molecular formula is C17H21NO3. The van der Waals surface area contributed by atoms with Crippen LogP contribution in [0.3, 0.4) is 0 Å². The third kappa shape index (κ3) is 5.55. The van der Waals surface area contributed by atoms with E-state index in [-0.39, 0.29) is 0 Å². The molecule has 21 heavy (non-hydrogen) atoms. The van der Waals surface area contributed by atoms with Gasteiger partial charge in [0.25, 0.3) is 0 Å². The van der Waals surface area contributed by atoms with Gasteiger partial charge in [0, 0.05) is 6.42 Å². The lowest BCUT2D eigenvalue weighted by atomic mass is 10.2. The van der Waals surface area contributed by atoms with Crippen LogP contribution in [0, 0.1) is 6.92 Å². The Kier molecular flexibility index (Phi) is 6.22. The second-order valence-corrected chi connectivity index (χ2v) is 4.82. The topological polar surface area (TPSA) is 53.7 Å². The van der Waals surface area contributed by atoms with Crippen LogP contribution in [-0.4, -0.2) is 12.9 Å². The Bertz CT molecular complexity index is 531. The molecule has 0 radical (unpaired) electrons. The Morgan fingerprint density at radius 1 is 1.05 bits per heavy atom. The lowest BCUT2D eigenvalue weighted by Crippen LogP contribution is -2.23. The molecule has 4 heteroatoms. The highest BCUT2D eigenvalue weighted by atomic mass is 16.7. The minimum atomic E-state index is -0.393. The van der Waals surface area contributed by atoms with Gasteiger partial charge in [0.1, 0.15) is 5.75 Å². The van der Waals surface area contributed by atoms with Gasteiger partial charge in [-0.25, -0.2) is 5.90 Å². The van der Waals surface area contributed by atoms with Crippen molar-refractivity contribution in [1.29, 1.82) is 0 Å². The fraction of sp³-hybridized carbons (Fsp3) is 0.294. The molecule has 0 fully saturated rings. The Hall–Kier alpha value is -1.88. The van der Waals surface area contributed by atoms with Crippen molar-refractivity contribution in [2.24, 2.45) is 5.90 Å². The summed E-state index contributed by atoms with van der Waals surface area (Å²) >= 11 is 0. The molecule has 0 aliphatic rings. The zero-order valence-electron chi connectivity index (χ0n) is 12.2. The molecule has 4 nitrogen and oxygen atoms in total. The normalized spacial score (nSPS) is 12.1. The Morgan fingerprint density at radius 3 is 2.57 bits per heavy atom. The molecule has 2 aromatic carbocycles. The number of hydrogen-bond acceptors (Lipinski definition) is 4. The van der Waals surface area contributed by atoms with E-state index in [2.05, 4.69) is 4.84 Å². The summed E-state index contributed by atoms with van der Waals surface area (Å²) in [4.78, 5) is 4.63. The van der Waals surface area contributed by atoms with E-state index in [1.807, 2.05) is 61.5 Å². The monoisotopic (exact) mass is 287 g/mol. The van der Waals surface area contributed by atoms with E-state index in [0.717, 1.165) is 16.9 Å². The number of ether oxygens (including phenoxy) is 2. The van der Waals surface area contributed by atoms with Crippen LogP contribution in [0.1, 0.15) is 17.5 Å². The number of rotatable bonds is 8. The summed E-state index contributed by atoms with van der Waals surface area (Å²) in [6, 6.07) is 17.8. The minimum absolute atomic E-state index is 0.380. The average Bonchev–Trinajstić information content (AvgIpc) is 2.51. The van der Waals surface area contributed by atoms with Crippen molar-refractivity contribution in [3.8, 4) is 5.75 Å². The standard InChI is InChI=1S/C17H21NO3/c1-14-6-5-9-16(12-14)21-17(10-11-20-18)19-13-15-7-3-2-4-8-15/h2-9,12,17H,10-11,13,18H2,1H3. The van der Waals surface area contributed by atoms with Gasteiger partial charge in [-0.3, -0.25) is 0 Å². The SMILES string of the molecule is Cc1cccc(OC(CCON)OCc2ccccc2)c1. The molecule has 0 aromatic heterocycles. The molecule has 0 saturated carbocycles. The maximum atomic E-state index is 5.86. The van der Waals surface area contributed by atoms with E-state index in [9.17, 15) is 0 Å². The van der Waals surface area contributed by atoms with Crippen molar-refractivity contribution in [2.75, 3.05) is 6.61 Å². The van der Waals surface area contributed by atoms with Crippen LogP contribution in [0.15, 0.2) is 54.6 Å². The molecule has 0 saturated heterocycles. The quantitative estimate of drug-likeness (QED) is 0.598. The Morgan fingerprint density at radius 2 is 1.86 bits per heavy atom. The summed E-state index contributed by atoms with van der Waals surface area (Å²) in [5.41, 5.74) is 2.24. The third-order valence-electron chi connectivity index (χ3n) is 3.01. The van der Waals surface area contributed by atoms with Gasteiger partial charge in [-0.05, 0) is 30.2 Å². The van der Waals surface area contributed by atoms with Gasteiger partial charge in [0.2, 0.25) is 6.29 Å². The molecule has 1 unspecified atom stereocenters. The second kappa shape index (κ2) is 8.42. The van der Waals surface area contributed by atoms with Crippen LogP contribution in [0.4, 0.5) is 0 Å². The molecule has 0 bridgehead atoms. The number of nitrogens with two attached hydrogens (primary N) is 1. The molecule has 2 aromatic rings. The molecular weight excluding hydrogens is 266 g/mol. The van der Waals surface area contributed by atoms with E-state index in [1.165, 1.54) is 0 Å². The van der Waals surface area contributed by atoms with Gasteiger partial charge in [-0.2, -0.15) is 0 Å². The number of hydrogen-bond donors (Lipinski definition) is 1. The molecule has 0 aliphatic heterocycles. The first-order chi connectivity index (χ1) is 10.3. The van der Waals surface area contributed by atoms with Crippen LogP contribution in [-0.2, 0) is 16.2 Å². The zero-order valence-corrected chi connectivity index (χ0v) is 12.2. The van der Waals surface area contributed by atoms with E-state index in [4.69, 9.17) is 15.4 Å². The van der Waals surface area contributed by atoms with Crippen LogP contribution >= 0.6 is 0 Å². The first kappa shape index (κ1) is 15.5. The Balaban J connectivity index is 1.94. The molecule has 112 valence electrons. The summed E-state index contributed by atoms with van der Waals surface area (Å²) in [7, 11) is 0. The van der Waals surface area contributed by atoms with Gasteiger partial charge in [-0.1, -0.05) is 42.5 Å². The molecule has 2 N–H and O–H groups in total. The Labute approximate surface area is 125 Å². The van der Waals surface area contributed by atoms with Crippen LogP contribution in [0.2, 0.25) is 0 Å². The van der Waals surface area contributed by atoms with Gasteiger partial charge in [0.05, 0.1) is 13.2 Å². The highest BCUT2D eigenvalue weighted by Gasteiger charge is 2.11. The van der Waals surface area contributed by atoms with Crippen LogP contribution in [0.5, 0.6) is 5.75 Å². The summed E-state index contributed by atoms with van der Waals surface area (Å²) in [5.74, 6) is 5.87. The van der Waals surface area contributed by atoms with Crippen molar-refractivity contribution in [3.05, 3.63) is 65.7 Å². The van der Waals surface area contributed by atoms with Gasteiger partial charge in [0.15, 0.2) is 0 Å². The third-order valence-corrected chi connectivity index (χ3v) is 3.01. The van der Waals surface area contributed by atoms with Crippen molar-refractivity contribution >= 4 is 0 Å². The number of aryl methyl sites for hydroxylation is 1. The highest BCUT2D eigenvalue weighted by Crippen LogP contribution is 2.17. The van der Waals surface area contributed by atoms with E-state index in [0.29, 0.717) is 19.6 Å². The maximum absolute atomic E-state index is 5.86. The predicted octanol–water partition coefficient (Wildman–Crippen LogP) is 3.20. The lowest BCUT2D eigenvalue weighted by molar-refractivity contribution is -0.104. The lowest BCUT2D eigenvalue weighted by Gasteiger charge is -2.19. The summed E-state index contributed by atoms with van der Waals surface area (Å²) in [5, 5.41) is 0. The van der Waals surface area contributed by atoms with E-state index >= 15 is 0 Å². The van der Waals surface area contributed by atoms with Gasteiger partial charge >= 0.3 is 0 Å². The summed E-state index contributed by atoms with van der Waals surface area (Å²) in [6.07, 6.45) is 0.174. The maximum Gasteiger partial charge on any atom is 0.202 e. The molecule has 2 rings (SSSR count). The smallest absolute Gasteiger partial charge is 0.202 e. The first-order valence-corrected chi connectivity index (χ1v) is 6.98. The van der Waals surface area contributed by atoms with Crippen molar-refractivity contribution in [2.45, 2.75) is 26.2 Å². The summed E-state index contributed by atoms with van der Waals surface area (Å²) in [6.45, 7) is 2.89. The summed E-state index contributed by atoms with van der Waals surface area (Å²) < 4.78 is 11.7. The molecule has 0 spiro atoms. The zero-order chi connectivity index (χ0) is 14.9. The van der Waals surface area contributed by atoms with E-state index < -0.39 is 6.29 Å². The fourth-order valence-corrected chi connectivity index (χ4v) is 1.94. The van der Waals surface area contributed by atoms with Crippen molar-refractivity contribution in [1.82, 2.24) is 0 Å². The second-order valence-electron chi connectivity index (χ2n) is 4.82. The van der Waals surface area contributed by atoms with Crippen LogP contribution < -0.4 is 10.6 Å². The van der Waals surface area contributed by atoms with Gasteiger partial charge < -0.3 is 14.3 Å². The van der Waals surface area contributed by atoms with Crippen molar-refractivity contribution in [3.63, 3.8) is 0 Å². The van der Waals surface area contributed by atoms with E-state index in [1.54, 1.807) is 0 Å². The number of benzene rings is 2. The van der Waals surface area contributed by atoms with Gasteiger partial charge in [-0.15, -0.1) is 0 Å². The highest BCUT2D eigenvalue weighted by molar-refractivity contribution is 5.27. The molecule has 0 amide bonds. The predicted molar refractivity (Wildman–Crippen MR) is 81.6 cm³/mol. The fourth-order valence-electron chi connectivity index (χ4n) is 1.94. The average molecular weight is 287 g/mol. The minimum Gasteiger partial charge on any atom is -0.465 e. The molecule has 1 atom stereocenters. The molecule has 0 aliphatic carbocycles. The molecule has 0 heterocycles. The first-order valence-electron chi connectivity index (χ1n) is 6.98. The van der Waals surface area contributed by atoms with Crippen molar-refractivity contribution < 1.29 is 14.3 Å².